The first-order chi connectivity index (χ1) is 5.11. The summed E-state index contributed by atoms with van der Waals surface area (Å²) in [4.78, 5) is 17.6. The van der Waals surface area contributed by atoms with Crippen LogP contribution in [-0.2, 0) is 9.53 Å². The third-order valence-electron chi connectivity index (χ3n) is 0.955. The molecule has 0 saturated heterocycles. The fourth-order valence-corrected chi connectivity index (χ4v) is 0.340. The Balaban J connectivity index is 4.39. The molecular formula is C7H10N2O2. The molecule has 0 aromatic carbocycles. The van der Waals surface area contributed by atoms with Crippen molar-refractivity contribution < 1.29 is 9.53 Å². The number of hydrogen-bond acceptors (Lipinski definition) is 3. The second kappa shape index (κ2) is 4.38. The molecule has 60 valence electrons. The number of hydrogen-bond donors (Lipinski definition) is 0. The monoisotopic (exact) mass is 154 g/mol. The van der Waals surface area contributed by atoms with E-state index in [1.165, 1.54) is 14.0 Å². The summed E-state index contributed by atoms with van der Waals surface area (Å²) in [6.07, 6.45) is 0. The topological polar surface area (TPSA) is 51.0 Å². The summed E-state index contributed by atoms with van der Waals surface area (Å²) < 4.78 is 4.63. The van der Waals surface area contributed by atoms with Gasteiger partial charge in [0.2, 0.25) is 0 Å². The Morgan fingerprint density at radius 3 is 2.36 bits per heavy atom. The minimum atomic E-state index is -0.219. The predicted octanol–water partition coefficient (Wildman–Crippen LogP) is 0.792. The van der Waals surface area contributed by atoms with E-state index in [4.69, 9.17) is 0 Å². The third kappa shape index (κ3) is 3.30. The highest BCUT2D eigenvalue weighted by Gasteiger charge is 1.99. The van der Waals surface area contributed by atoms with Gasteiger partial charge < -0.3 is 4.74 Å². The fraction of sp³-hybridized carbons (Fsp3) is 0.286. The first-order valence-corrected chi connectivity index (χ1v) is 2.91. The number of ketones is 1. The van der Waals surface area contributed by atoms with E-state index in [-0.39, 0.29) is 17.5 Å². The maximum atomic E-state index is 10.6. The smallest absolute Gasteiger partial charge is 0.316 e. The van der Waals surface area contributed by atoms with Gasteiger partial charge in [-0.05, 0) is 6.72 Å². The largest absolute Gasteiger partial charge is 0.467 e. The van der Waals surface area contributed by atoms with E-state index in [0.717, 1.165) is 0 Å². The van der Waals surface area contributed by atoms with Crippen LogP contribution < -0.4 is 0 Å². The molecule has 0 bridgehead atoms. The average Bonchev–Trinajstić information content (AvgIpc) is 1.99. The molecule has 0 radical (unpaired) electrons. The maximum absolute atomic E-state index is 10.6. The Morgan fingerprint density at radius 2 is 2.09 bits per heavy atom. The molecule has 0 N–H and O–H groups in total. The molecule has 0 rings (SSSR count). The van der Waals surface area contributed by atoms with Crippen molar-refractivity contribution >= 4 is 18.5 Å². The number of allylic oxidation sites excluding steroid dienone is 1. The number of carbonyl (C=O) groups excluding carboxylic acids is 1. The van der Waals surface area contributed by atoms with Crippen LogP contribution in [0.4, 0.5) is 0 Å². The molecule has 4 nitrogen and oxygen atoms in total. The molecule has 0 saturated carbocycles. The van der Waals surface area contributed by atoms with Gasteiger partial charge in [0.1, 0.15) is 5.70 Å². The van der Waals surface area contributed by atoms with Gasteiger partial charge in [-0.2, -0.15) is 4.99 Å². The van der Waals surface area contributed by atoms with Crippen molar-refractivity contribution in [2.24, 2.45) is 9.98 Å². The van der Waals surface area contributed by atoms with E-state index in [9.17, 15) is 4.79 Å². The van der Waals surface area contributed by atoms with E-state index in [1.807, 2.05) is 0 Å². The van der Waals surface area contributed by atoms with Gasteiger partial charge in [0, 0.05) is 6.92 Å². The fourth-order valence-electron chi connectivity index (χ4n) is 0.340. The molecular weight excluding hydrogens is 144 g/mol. The Morgan fingerprint density at radius 1 is 1.55 bits per heavy atom. The van der Waals surface area contributed by atoms with Crippen molar-refractivity contribution in [1.29, 1.82) is 0 Å². The van der Waals surface area contributed by atoms with Gasteiger partial charge in [0.15, 0.2) is 5.78 Å². The van der Waals surface area contributed by atoms with Crippen molar-refractivity contribution in [3.05, 3.63) is 12.3 Å². The number of carbonyl (C=O) groups is 1. The van der Waals surface area contributed by atoms with E-state index in [0.29, 0.717) is 0 Å². The molecule has 0 aliphatic heterocycles. The highest BCUT2D eigenvalue weighted by Crippen LogP contribution is 1.95. The van der Waals surface area contributed by atoms with Crippen LogP contribution in [-0.4, -0.2) is 25.6 Å². The van der Waals surface area contributed by atoms with E-state index in [1.54, 1.807) is 0 Å². The average molecular weight is 154 g/mol. The molecule has 0 spiro atoms. The lowest BCUT2D eigenvalue weighted by atomic mass is 10.4. The predicted molar refractivity (Wildman–Crippen MR) is 43.8 cm³/mol. The maximum Gasteiger partial charge on any atom is 0.316 e. The molecule has 0 fully saturated rings. The highest BCUT2D eigenvalue weighted by atomic mass is 16.5. The van der Waals surface area contributed by atoms with Crippen molar-refractivity contribution in [2.75, 3.05) is 7.11 Å². The number of rotatable bonds is 2. The number of aliphatic imine (C=N–C) groups is 2. The first-order valence-electron chi connectivity index (χ1n) is 2.91. The van der Waals surface area contributed by atoms with Crippen LogP contribution >= 0.6 is 0 Å². The minimum absolute atomic E-state index is 0.0465. The highest BCUT2D eigenvalue weighted by molar-refractivity contribution is 5.95. The van der Waals surface area contributed by atoms with Gasteiger partial charge in [-0.15, -0.1) is 0 Å². The molecule has 0 aliphatic rings. The number of ether oxygens (including phenoxy) is 1. The zero-order valence-electron chi connectivity index (χ0n) is 6.63. The van der Waals surface area contributed by atoms with Gasteiger partial charge in [-0.25, -0.2) is 4.99 Å². The van der Waals surface area contributed by atoms with E-state index < -0.39 is 0 Å². The molecule has 0 aliphatic carbocycles. The molecule has 0 heterocycles. The number of Topliss-reactive ketones (excluding diaryl/α,β-unsaturated/α-hetero) is 1. The molecule has 4 heteroatoms. The van der Waals surface area contributed by atoms with Gasteiger partial charge in [-0.1, -0.05) is 6.58 Å². The Bertz CT molecular complexity index is 218. The zero-order chi connectivity index (χ0) is 8.85. The van der Waals surface area contributed by atoms with Crippen LogP contribution in [0.15, 0.2) is 22.3 Å². The second-order valence-electron chi connectivity index (χ2n) is 1.76. The Kier molecular flexibility index (Phi) is 3.80. The minimum Gasteiger partial charge on any atom is -0.467 e. The summed E-state index contributed by atoms with van der Waals surface area (Å²) in [5.41, 5.74) is 0.106. The summed E-state index contributed by atoms with van der Waals surface area (Å²) in [6, 6.07) is 0.0465. The van der Waals surface area contributed by atoms with Crippen LogP contribution in [0, 0.1) is 0 Å². The quantitative estimate of drug-likeness (QED) is 0.335. The van der Waals surface area contributed by atoms with Crippen molar-refractivity contribution in [3.63, 3.8) is 0 Å². The summed E-state index contributed by atoms with van der Waals surface area (Å²) in [6.45, 7) is 7.93. The van der Waals surface area contributed by atoms with Crippen molar-refractivity contribution in [3.8, 4) is 0 Å². The Labute approximate surface area is 65.3 Å². The molecule has 11 heavy (non-hydrogen) atoms. The standard InChI is InChI=1S/C7H10N2O2/c1-5(6(2)10)9-7(8-3)11-4/h1,3H2,2,4H3. The zero-order valence-corrected chi connectivity index (χ0v) is 6.63. The lowest BCUT2D eigenvalue weighted by Crippen LogP contribution is -2.00. The SMILES string of the molecule is C=NC(=NC(=C)C(C)=O)OC. The molecule has 0 aromatic heterocycles. The number of amidine groups is 1. The van der Waals surface area contributed by atoms with Crippen molar-refractivity contribution in [1.82, 2.24) is 0 Å². The van der Waals surface area contributed by atoms with Crippen molar-refractivity contribution in [2.45, 2.75) is 6.92 Å². The molecule has 0 amide bonds. The molecule has 0 aromatic rings. The van der Waals surface area contributed by atoms with E-state index in [2.05, 4.69) is 28.0 Å². The summed E-state index contributed by atoms with van der Waals surface area (Å²) in [5, 5.41) is 0. The lowest BCUT2D eigenvalue weighted by Gasteiger charge is -1.96. The summed E-state index contributed by atoms with van der Waals surface area (Å²) >= 11 is 0. The summed E-state index contributed by atoms with van der Waals surface area (Å²) in [7, 11) is 1.39. The normalized spacial score (nSPS) is 10.5. The first kappa shape index (κ1) is 9.55. The van der Waals surface area contributed by atoms with Crippen LogP contribution in [0.25, 0.3) is 0 Å². The third-order valence-corrected chi connectivity index (χ3v) is 0.955. The van der Waals surface area contributed by atoms with E-state index >= 15 is 0 Å². The molecule has 0 unspecified atom stereocenters. The number of methoxy groups -OCH3 is 1. The molecule has 0 atom stereocenters. The van der Waals surface area contributed by atoms with Crippen LogP contribution in [0.2, 0.25) is 0 Å². The van der Waals surface area contributed by atoms with Gasteiger partial charge in [0.05, 0.1) is 7.11 Å². The number of nitrogens with zero attached hydrogens (tertiary/aromatic N) is 2. The van der Waals surface area contributed by atoms with Gasteiger partial charge in [0.25, 0.3) is 0 Å². The van der Waals surface area contributed by atoms with Gasteiger partial charge >= 0.3 is 6.02 Å². The summed E-state index contributed by atoms with van der Waals surface area (Å²) in [5.74, 6) is -0.219. The van der Waals surface area contributed by atoms with Crippen LogP contribution in [0.5, 0.6) is 0 Å². The van der Waals surface area contributed by atoms with Crippen LogP contribution in [0.1, 0.15) is 6.92 Å². The second-order valence-corrected chi connectivity index (χ2v) is 1.76. The van der Waals surface area contributed by atoms with Gasteiger partial charge in [-0.3, -0.25) is 4.79 Å². The lowest BCUT2D eigenvalue weighted by molar-refractivity contribution is -0.113. The van der Waals surface area contributed by atoms with Crippen LogP contribution in [0.3, 0.4) is 0 Å². The Hall–Kier alpha value is -1.45.